The molecule has 0 N–H and O–H groups in total. The standard InChI is InChI=1S/C24H29F3N2O7S2/c1-17(20-13-23(14-20)36-37(30,31)24(25,26)27)28(2)38(32,33)29(15-18-5-9-21(34-3)10-6-18)16-19-7-11-22(35-4)12-8-19/h5-13,17,20H,14-16H2,1-4H3/t17-,20?/m0/s1. The molecule has 2 aromatic rings. The number of benzene rings is 2. The molecule has 2 aromatic carbocycles. The summed E-state index contributed by atoms with van der Waals surface area (Å²) in [6, 6.07) is 13.2. The molecule has 2 atom stereocenters. The van der Waals surface area contributed by atoms with Crippen molar-refractivity contribution < 1.29 is 43.7 Å². The third kappa shape index (κ3) is 6.79. The van der Waals surface area contributed by atoms with Crippen LogP contribution >= 0.6 is 0 Å². The fourth-order valence-electron chi connectivity index (χ4n) is 3.75. The van der Waals surface area contributed by atoms with Crippen molar-refractivity contribution in [2.24, 2.45) is 5.92 Å². The van der Waals surface area contributed by atoms with Crippen LogP contribution in [0.1, 0.15) is 24.5 Å². The van der Waals surface area contributed by atoms with Crippen molar-refractivity contribution in [2.75, 3.05) is 21.3 Å². The van der Waals surface area contributed by atoms with Gasteiger partial charge in [0.25, 0.3) is 10.2 Å². The zero-order valence-electron chi connectivity index (χ0n) is 21.2. The molecule has 1 aliphatic rings. The highest BCUT2D eigenvalue weighted by Crippen LogP contribution is 2.37. The predicted molar refractivity (Wildman–Crippen MR) is 134 cm³/mol. The maximum Gasteiger partial charge on any atom is 0.534 e. The Morgan fingerprint density at radius 3 is 1.68 bits per heavy atom. The van der Waals surface area contributed by atoms with E-state index in [1.54, 1.807) is 55.5 Å². The number of nitrogens with zero attached hydrogens (tertiary/aromatic N) is 2. The van der Waals surface area contributed by atoms with Gasteiger partial charge in [-0.2, -0.15) is 38.6 Å². The molecule has 0 aromatic heterocycles. The Labute approximate surface area is 220 Å². The summed E-state index contributed by atoms with van der Waals surface area (Å²) in [7, 11) is -5.45. The number of hydrogen-bond acceptors (Lipinski definition) is 7. The monoisotopic (exact) mass is 578 g/mol. The van der Waals surface area contributed by atoms with Crippen molar-refractivity contribution in [3.8, 4) is 11.5 Å². The fraction of sp³-hybridized carbons (Fsp3) is 0.417. The summed E-state index contributed by atoms with van der Waals surface area (Å²) in [5, 5.41) is 0. The van der Waals surface area contributed by atoms with Gasteiger partial charge in [-0.15, -0.1) is 0 Å². The molecule has 0 aliphatic heterocycles. The quantitative estimate of drug-likeness (QED) is 0.277. The third-order valence-electron chi connectivity index (χ3n) is 6.26. The van der Waals surface area contributed by atoms with Crippen LogP contribution in [0.4, 0.5) is 13.2 Å². The summed E-state index contributed by atoms with van der Waals surface area (Å²) in [5.74, 6) is 0.313. The SMILES string of the molecule is COc1ccc(CN(Cc2ccc(OC)cc2)S(=O)(=O)N(C)[C@@H](C)C2C=C(OS(=O)(=O)C(F)(F)F)C2)cc1. The van der Waals surface area contributed by atoms with Gasteiger partial charge in [0, 0.05) is 38.5 Å². The Balaban J connectivity index is 1.81. The number of rotatable bonds is 12. The first-order valence-corrected chi connectivity index (χ1v) is 14.2. The number of halogens is 3. The summed E-state index contributed by atoms with van der Waals surface area (Å²) in [5.41, 5.74) is -4.13. The highest BCUT2D eigenvalue weighted by molar-refractivity contribution is 7.87. The van der Waals surface area contributed by atoms with Crippen LogP contribution in [0.15, 0.2) is 60.4 Å². The molecular formula is C24H29F3N2O7S2. The zero-order valence-corrected chi connectivity index (χ0v) is 22.8. The molecule has 0 fully saturated rings. The zero-order chi connectivity index (χ0) is 28.3. The second kappa shape index (κ2) is 11.5. The van der Waals surface area contributed by atoms with E-state index in [4.69, 9.17) is 9.47 Å². The normalized spacial score (nSPS) is 17.1. The van der Waals surface area contributed by atoms with Crippen molar-refractivity contribution in [1.82, 2.24) is 8.61 Å². The Morgan fingerprint density at radius 2 is 1.32 bits per heavy atom. The average Bonchev–Trinajstić information content (AvgIpc) is 2.84. The topological polar surface area (TPSA) is 102 Å². The van der Waals surface area contributed by atoms with Crippen molar-refractivity contribution >= 4 is 20.3 Å². The van der Waals surface area contributed by atoms with Gasteiger partial charge in [-0.25, -0.2) is 0 Å². The van der Waals surface area contributed by atoms with Crippen molar-refractivity contribution in [1.29, 1.82) is 0 Å². The number of methoxy groups -OCH3 is 2. The molecular weight excluding hydrogens is 549 g/mol. The smallest absolute Gasteiger partial charge is 0.497 e. The van der Waals surface area contributed by atoms with Crippen molar-refractivity contribution in [3.63, 3.8) is 0 Å². The lowest BCUT2D eigenvalue weighted by Gasteiger charge is -2.37. The van der Waals surface area contributed by atoms with Gasteiger partial charge in [-0.1, -0.05) is 24.3 Å². The molecule has 1 unspecified atom stereocenters. The van der Waals surface area contributed by atoms with E-state index in [9.17, 15) is 30.0 Å². The summed E-state index contributed by atoms with van der Waals surface area (Å²) in [6.45, 7) is 1.66. The van der Waals surface area contributed by atoms with E-state index < -0.39 is 37.8 Å². The number of ether oxygens (including phenoxy) is 2. The van der Waals surface area contributed by atoms with E-state index in [1.165, 1.54) is 31.6 Å². The first-order chi connectivity index (χ1) is 17.7. The molecule has 38 heavy (non-hydrogen) atoms. The molecule has 9 nitrogen and oxygen atoms in total. The minimum Gasteiger partial charge on any atom is -0.497 e. The maximum absolute atomic E-state index is 13.7. The Morgan fingerprint density at radius 1 is 0.895 bits per heavy atom. The van der Waals surface area contributed by atoms with E-state index >= 15 is 0 Å². The summed E-state index contributed by atoms with van der Waals surface area (Å²) in [4.78, 5) is 0. The van der Waals surface area contributed by atoms with E-state index in [1.807, 2.05) is 0 Å². The predicted octanol–water partition coefficient (Wildman–Crippen LogP) is 4.04. The fourth-order valence-corrected chi connectivity index (χ4v) is 5.81. The molecule has 0 spiro atoms. The molecule has 0 saturated carbocycles. The second-order valence-electron chi connectivity index (χ2n) is 8.71. The van der Waals surface area contributed by atoms with Crippen LogP contribution in [-0.4, -0.2) is 58.3 Å². The van der Waals surface area contributed by atoms with E-state index in [0.717, 1.165) is 4.31 Å². The lowest BCUT2D eigenvalue weighted by atomic mass is 9.87. The number of alkyl halides is 3. The Hall–Kier alpha value is -2.81. The van der Waals surface area contributed by atoms with Gasteiger partial charge >= 0.3 is 15.6 Å². The van der Waals surface area contributed by atoms with Crippen molar-refractivity contribution in [2.45, 2.75) is 38.0 Å². The molecule has 0 radical (unpaired) electrons. The van der Waals surface area contributed by atoms with Gasteiger partial charge in [0.1, 0.15) is 17.3 Å². The summed E-state index contributed by atoms with van der Waals surface area (Å²) >= 11 is 0. The minimum atomic E-state index is -5.77. The lowest BCUT2D eigenvalue weighted by Crippen LogP contribution is -2.48. The average molecular weight is 579 g/mol. The molecule has 0 heterocycles. The first-order valence-electron chi connectivity index (χ1n) is 11.4. The highest BCUT2D eigenvalue weighted by atomic mass is 32.2. The summed E-state index contributed by atoms with van der Waals surface area (Å²) in [6.07, 6.45) is 1.03. The number of allylic oxidation sites excluding steroid dienone is 1. The van der Waals surface area contributed by atoms with E-state index in [0.29, 0.717) is 22.6 Å². The Kier molecular flexibility index (Phi) is 9.01. The van der Waals surface area contributed by atoms with Crippen LogP contribution in [0.3, 0.4) is 0 Å². The van der Waals surface area contributed by atoms with Gasteiger partial charge < -0.3 is 13.7 Å². The lowest BCUT2D eigenvalue weighted by molar-refractivity contribution is -0.0528. The third-order valence-corrected chi connectivity index (χ3v) is 9.23. The molecule has 3 rings (SSSR count). The molecule has 0 bridgehead atoms. The van der Waals surface area contributed by atoms with E-state index in [-0.39, 0.29) is 25.3 Å². The number of hydrogen-bond donors (Lipinski definition) is 0. The minimum absolute atomic E-state index is 0.0358. The van der Waals surface area contributed by atoms with Crippen LogP contribution in [0.5, 0.6) is 11.5 Å². The highest BCUT2D eigenvalue weighted by Gasteiger charge is 2.50. The second-order valence-corrected chi connectivity index (χ2v) is 12.2. The maximum atomic E-state index is 13.7. The van der Waals surface area contributed by atoms with Crippen molar-refractivity contribution in [3.05, 3.63) is 71.5 Å². The Bertz CT molecular complexity index is 1300. The molecule has 0 saturated heterocycles. The van der Waals surface area contributed by atoms with E-state index in [2.05, 4.69) is 4.18 Å². The molecule has 1 aliphatic carbocycles. The van der Waals surface area contributed by atoms with Crippen LogP contribution in [-0.2, 0) is 37.6 Å². The molecule has 0 amide bonds. The van der Waals surface area contributed by atoms with Gasteiger partial charge in [0.05, 0.1) is 14.2 Å². The van der Waals surface area contributed by atoms with Gasteiger partial charge in [-0.05, 0) is 48.4 Å². The van der Waals surface area contributed by atoms with Crippen LogP contribution < -0.4 is 9.47 Å². The molecule has 14 heteroatoms. The van der Waals surface area contributed by atoms with Crippen LogP contribution in [0, 0.1) is 5.92 Å². The molecule has 210 valence electrons. The largest absolute Gasteiger partial charge is 0.534 e. The first kappa shape index (κ1) is 29.7. The van der Waals surface area contributed by atoms with Crippen LogP contribution in [0.25, 0.3) is 0 Å². The van der Waals surface area contributed by atoms with Crippen LogP contribution in [0.2, 0.25) is 0 Å². The van der Waals surface area contributed by atoms with Gasteiger partial charge in [0.2, 0.25) is 0 Å². The summed E-state index contributed by atoms with van der Waals surface area (Å²) < 4.78 is 104. The van der Waals surface area contributed by atoms with Gasteiger partial charge in [-0.3, -0.25) is 0 Å². The van der Waals surface area contributed by atoms with Gasteiger partial charge in [0.15, 0.2) is 0 Å².